The second kappa shape index (κ2) is 6.38. The number of aryl methyl sites for hydroxylation is 2. The Bertz CT molecular complexity index is 563. The van der Waals surface area contributed by atoms with Gasteiger partial charge in [0.15, 0.2) is 0 Å². The van der Waals surface area contributed by atoms with Gasteiger partial charge < -0.3 is 10.6 Å². The Morgan fingerprint density at radius 3 is 2.74 bits per heavy atom. The molecule has 0 saturated carbocycles. The molecule has 3 nitrogen and oxygen atoms in total. The summed E-state index contributed by atoms with van der Waals surface area (Å²) in [4.78, 5) is 13.1. The van der Waals surface area contributed by atoms with Crippen LogP contribution in [0.2, 0.25) is 0 Å². The molecule has 4 heteroatoms. The zero-order valence-corrected chi connectivity index (χ0v) is 12.0. The van der Waals surface area contributed by atoms with Gasteiger partial charge in [0.1, 0.15) is 0 Å². The van der Waals surface area contributed by atoms with E-state index in [2.05, 4.69) is 30.5 Å². The number of carbonyl (C=O) groups is 1. The monoisotopic (exact) mass is 274 g/mol. The number of para-hydroxylation sites is 1. The zero-order valence-electron chi connectivity index (χ0n) is 11.2. The molecule has 2 aromatic rings. The number of anilines is 1. The smallest absolute Gasteiger partial charge is 0.319 e. The van der Waals surface area contributed by atoms with Crippen LogP contribution in [-0.4, -0.2) is 6.03 Å². The Morgan fingerprint density at radius 1 is 1.26 bits per heavy atom. The van der Waals surface area contributed by atoms with Crippen molar-refractivity contribution in [3.63, 3.8) is 0 Å². The van der Waals surface area contributed by atoms with Crippen molar-refractivity contribution in [2.45, 2.75) is 26.8 Å². The van der Waals surface area contributed by atoms with Crippen LogP contribution in [0.25, 0.3) is 0 Å². The van der Waals surface area contributed by atoms with E-state index < -0.39 is 0 Å². The van der Waals surface area contributed by atoms with Crippen LogP contribution in [0.15, 0.2) is 35.7 Å². The molecule has 0 atom stereocenters. The fraction of sp³-hybridized carbons (Fsp3) is 0.267. The standard InChI is InChI=1S/C15H18N2OS/c1-3-12-6-4-5-7-13(12)17-15(18)16-10-14-11(2)8-9-19-14/h4-9H,3,10H2,1-2H3,(H2,16,17,18). The Balaban J connectivity index is 1.93. The largest absolute Gasteiger partial charge is 0.333 e. The summed E-state index contributed by atoms with van der Waals surface area (Å²) in [6.07, 6.45) is 0.903. The first-order chi connectivity index (χ1) is 9.20. The van der Waals surface area contributed by atoms with Gasteiger partial charge in [0.2, 0.25) is 0 Å². The van der Waals surface area contributed by atoms with Gasteiger partial charge in [0.05, 0.1) is 6.54 Å². The minimum absolute atomic E-state index is 0.159. The number of amides is 2. The number of carbonyl (C=O) groups excluding carboxylic acids is 1. The molecule has 1 aromatic carbocycles. The normalized spacial score (nSPS) is 10.2. The Hall–Kier alpha value is -1.81. The lowest BCUT2D eigenvalue weighted by Crippen LogP contribution is -2.28. The molecule has 0 aliphatic rings. The highest BCUT2D eigenvalue weighted by atomic mass is 32.1. The number of hydrogen-bond acceptors (Lipinski definition) is 2. The van der Waals surface area contributed by atoms with E-state index in [1.807, 2.05) is 29.6 Å². The van der Waals surface area contributed by atoms with Crippen molar-refractivity contribution in [2.24, 2.45) is 0 Å². The van der Waals surface area contributed by atoms with Crippen LogP contribution in [0.1, 0.15) is 22.9 Å². The van der Waals surface area contributed by atoms with Gasteiger partial charge >= 0.3 is 6.03 Å². The van der Waals surface area contributed by atoms with Crippen LogP contribution < -0.4 is 10.6 Å². The number of rotatable bonds is 4. The molecule has 0 aliphatic heterocycles. The van der Waals surface area contributed by atoms with Crippen molar-refractivity contribution in [3.8, 4) is 0 Å². The van der Waals surface area contributed by atoms with Crippen molar-refractivity contribution < 1.29 is 4.79 Å². The van der Waals surface area contributed by atoms with E-state index in [1.165, 1.54) is 10.4 Å². The number of benzene rings is 1. The summed E-state index contributed by atoms with van der Waals surface area (Å²) in [5, 5.41) is 7.82. The second-order valence-corrected chi connectivity index (χ2v) is 5.35. The third-order valence-electron chi connectivity index (χ3n) is 3.02. The summed E-state index contributed by atoms with van der Waals surface area (Å²) in [6.45, 7) is 4.70. The number of hydrogen-bond donors (Lipinski definition) is 2. The molecule has 0 unspecified atom stereocenters. The van der Waals surface area contributed by atoms with Crippen molar-refractivity contribution >= 4 is 23.1 Å². The maximum atomic E-state index is 11.9. The van der Waals surface area contributed by atoms with Crippen molar-refractivity contribution in [1.82, 2.24) is 5.32 Å². The summed E-state index contributed by atoms with van der Waals surface area (Å²) in [7, 11) is 0. The van der Waals surface area contributed by atoms with Gasteiger partial charge in [-0.1, -0.05) is 25.1 Å². The first-order valence-corrected chi connectivity index (χ1v) is 7.24. The van der Waals surface area contributed by atoms with Gasteiger partial charge in [-0.15, -0.1) is 11.3 Å². The second-order valence-electron chi connectivity index (χ2n) is 4.35. The van der Waals surface area contributed by atoms with Crippen LogP contribution in [-0.2, 0) is 13.0 Å². The molecule has 0 spiro atoms. The van der Waals surface area contributed by atoms with Crippen LogP contribution in [0.4, 0.5) is 10.5 Å². The predicted octanol–water partition coefficient (Wildman–Crippen LogP) is 3.94. The molecule has 1 heterocycles. The topological polar surface area (TPSA) is 41.1 Å². The predicted molar refractivity (Wildman–Crippen MR) is 80.7 cm³/mol. The molecule has 2 amide bonds. The molecule has 100 valence electrons. The van der Waals surface area contributed by atoms with E-state index >= 15 is 0 Å². The lowest BCUT2D eigenvalue weighted by atomic mass is 10.1. The summed E-state index contributed by atoms with van der Waals surface area (Å²) < 4.78 is 0. The first-order valence-electron chi connectivity index (χ1n) is 6.36. The zero-order chi connectivity index (χ0) is 13.7. The molecular formula is C15H18N2OS. The molecular weight excluding hydrogens is 256 g/mol. The Labute approximate surface area is 117 Å². The summed E-state index contributed by atoms with van der Waals surface area (Å²) in [5.41, 5.74) is 3.25. The van der Waals surface area contributed by atoms with Crippen LogP contribution in [0.5, 0.6) is 0 Å². The number of thiophene rings is 1. The fourth-order valence-corrected chi connectivity index (χ4v) is 2.71. The van der Waals surface area contributed by atoms with Crippen LogP contribution in [0.3, 0.4) is 0 Å². The molecule has 2 N–H and O–H groups in total. The fourth-order valence-electron chi connectivity index (χ4n) is 1.86. The van der Waals surface area contributed by atoms with Gasteiger partial charge in [0, 0.05) is 10.6 Å². The SMILES string of the molecule is CCc1ccccc1NC(=O)NCc1sccc1C. The highest BCUT2D eigenvalue weighted by Gasteiger charge is 2.06. The van der Waals surface area contributed by atoms with E-state index in [9.17, 15) is 4.79 Å². The maximum absolute atomic E-state index is 11.9. The summed E-state index contributed by atoms with van der Waals surface area (Å²) in [5.74, 6) is 0. The minimum atomic E-state index is -0.159. The maximum Gasteiger partial charge on any atom is 0.319 e. The lowest BCUT2D eigenvalue weighted by Gasteiger charge is -2.10. The molecule has 2 rings (SSSR count). The highest BCUT2D eigenvalue weighted by Crippen LogP contribution is 2.16. The van der Waals surface area contributed by atoms with Crippen molar-refractivity contribution in [3.05, 3.63) is 51.7 Å². The van der Waals surface area contributed by atoms with Gasteiger partial charge in [-0.05, 0) is 42.0 Å². The Morgan fingerprint density at radius 2 is 2.05 bits per heavy atom. The van der Waals surface area contributed by atoms with E-state index in [0.717, 1.165) is 17.7 Å². The molecule has 1 aromatic heterocycles. The molecule has 19 heavy (non-hydrogen) atoms. The molecule has 0 saturated heterocycles. The molecule has 0 fully saturated rings. The van der Waals surface area contributed by atoms with E-state index in [4.69, 9.17) is 0 Å². The molecule has 0 radical (unpaired) electrons. The number of urea groups is 1. The third-order valence-corrected chi connectivity index (χ3v) is 4.05. The van der Waals surface area contributed by atoms with Gasteiger partial charge in [0.25, 0.3) is 0 Å². The third kappa shape index (κ3) is 3.58. The number of nitrogens with one attached hydrogen (secondary N) is 2. The van der Waals surface area contributed by atoms with Crippen molar-refractivity contribution in [2.75, 3.05) is 5.32 Å². The summed E-state index contributed by atoms with van der Waals surface area (Å²) >= 11 is 1.66. The highest BCUT2D eigenvalue weighted by molar-refractivity contribution is 7.10. The minimum Gasteiger partial charge on any atom is -0.333 e. The lowest BCUT2D eigenvalue weighted by molar-refractivity contribution is 0.252. The van der Waals surface area contributed by atoms with E-state index in [-0.39, 0.29) is 6.03 Å². The average molecular weight is 274 g/mol. The summed E-state index contributed by atoms with van der Waals surface area (Å²) in [6, 6.07) is 9.77. The first kappa shape index (κ1) is 13.6. The van der Waals surface area contributed by atoms with Gasteiger partial charge in [-0.3, -0.25) is 0 Å². The van der Waals surface area contributed by atoms with Crippen LogP contribution >= 0.6 is 11.3 Å². The van der Waals surface area contributed by atoms with E-state index in [1.54, 1.807) is 11.3 Å². The molecule has 0 aliphatic carbocycles. The Kier molecular flexibility index (Phi) is 4.58. The van der Waals surface area contributed by atoms with Gasteiger partial charge in [-0.2, -0.15) is 0 Å². The van der Waals surface area contributed by atoms with Gasteiger partial charge in [-0.25, -0.2) is 4.79 Å². The quantitative estimate of drug-likeness (QED) is 0.871. The average Bonchev–Trinajstić information content (AvgIpc) is 2.82. The van der Waals surface area contributed by atoms with E-state index in [0.29, 0.717) is 6.54 Å². The van der Waals surface area contributed by atoms with Crippen molar-refractivity contribution in [1.29, 1.82) is 0 Å². The molecule has 0 bridgehead atoms. The van der Waals surface area contributed by atoms with Crippen LogP contribution in [0, 0.1) is 6.92 Å².